The standard InChI is InChI=1S/C18H25NO4/c1-3-23-15-8-5-14(6-9-15)7-10-16(20)19-12-4-11-18(2,13-19)17(21)22/h5-6,8-9H,3-4,7,10-13H2,1-2H3,(H,21,22). The zero-order chi connectivity index (χ0) is 16.9. The zero-order valence-corrected chi connectivity index (χ0v) is 13.9. The zero-order valence-electron chi connectivity index (χ0n) is 13.9. The third-order valence-electron chi connectivity index (χ3n) is 4.43. The molecule has 1 aromatic rings. The lowest BCUT2D eigenvalue weighted by atomic mass is 9.82. The van der Waals surface area contributed by atoms with Gasteiger partial charge in [0, 0.05) is 19.5 Å². The van der Waals surface area contributed by atoms with E-state index in [-0.39, 0.29) is 5.91 Å². The monoisotopic (exact) mass is 319 g/mol. The molecular weight excluding hydrogens is 294 g/mol. The van der Waals surface area contributed by atoms with Crippen LogP contribution in [0.25, 0.3) is 0 Å². The van der Waals surface area contributed by atoms with Crippen molar-refractivity contribution in [2.75, 3.05) is 19.7 Å². The molecule has 1 unspecified atom stereocenters. The predicted molar refractivity (Wildman–Crippen MR) is 87.5 cm³/mol. The summed E-state index contributed by atoms with van der Waals surface area (Å²) in [6.07, 6.45) is 2.44. The normalized spacial score (nSPS) is 21.0. The van der Waals surface area contributed by atoms with Crippen LogP contribution in [0.5, 0.6) is 5.75 Å². The average Bonchev–Trinajstić information content (AvgIpc) is 2.54. The van der Waals surface area contributed by atoms with Gasteiger partial charge in [0.2, 0.25) is 5.91 Å². The molecule has 5 nitrogen and oxygen atoms in total. The largest absolute Gasteiger partial charge is 0.494 e. The number of carboxylic acid groups (broad SMARTS) is 1. The first-order valence-corrected chi connectivity index (χ1v) is 8.17. The van der Waals surface area contributed by atoms with Gasteiger partial charge in [-0.2, -0.15) is 0 Å². The van der Waals surface area contributed by atoms with Crippen LogP contribution in [0.3, 0.4) is 0 Å². The Morgan fingerprint density at radius 2 is 2.00 bits per heavy atom. The molecule has 0 bridgehead atoms. The number of amides is 1. The van der Waals surface area contributed by atoms with E-state index in [1.165, 1.54) is 0 Å². The number of carbonyl (C=O) groups is 2. The maximum atomic E-state index is 12.4. The first kappa shape index (κ1) is 17.3. The summed E-state index contributed by atoms with van der Waals surface area (Å²) in [6.45, 7) is 5.27. The number of hydrogen-bond donors (Lipinski definition) is 1. The molecule has 2 rings (SSSR count). The molecule has 1 amide bonds. The Hall–Kier alpha value is -2.04. The number of aliphatic carboxylic acids is 1. The van der Waals surface area contributed by atoms with Crippen molar-refractivity contribution in [1.82, 2.24) is 4.90 Å². The van der Waals surface area contributed by atoms with Gasteiger partial charge < -0.3 is 14.7 Å². The highest BCUT2D eigenvalue weighted by molar-refractivity contribution is 5.79. The van der Waals surface area contributed by atoms with Crippen LogP contribution in [0.4, 0.5) is 0 Å². The molecule has 1 saturated heterocycles. The third kappa shape index (κ3) is 4.47. The Morgan fingerprint density at radius 1 is 1.30 bits per heavy atom. The first-order chi connectivity index (χ1) is 10.9. The SMILES string of the molecule is CCOc1ccc(CCC(=O)N2CCCC(C)(C(=O)O)C2)cc1. The summed E-state index contributed by atoms with van der Waals surface area (Å²) in [6, 6.07) is 7.75. The third-order valence-corrected chi connectivity index (χ3v) is 4.43. The maximum Gasteiger partial charge on any atom is 0.311 e. The highest BCUT2D eigenvalue weighted by atomic mass is 16.5. The fourth-order valence-corrected chi connectivity index (χ4v) is 2.96. The van der Waals surface area contributed by atoms with E-state index in [4.69, 9.17) is 4.74 Å². The van der Waals surface area contributed by atoms with Crippen LogP contribution in [0.2, 0.25) is 0 Å². The topological polar surface area (TPSA) is 66.8 Å². The van der Waals surface area contributed by atoms with Crippen molar-refractivity contribution >= 4 is 11.9 Å². The Morgan fingerprint density at radius 3 is 2.61 bits per heavy atom. The Labute approximate surface area is 137 Å². The Bertz CT molecular complexity index is 555. The molecule has 5 heteroatoms. The van der Waals surface area contributed by atoms with Gasteiger partial charge >= 0.3 is 5.97 Å². The summed E-state index contributed by atoms with van der Waals surface area (Å²) < 4.78 is 5.40. The van der Waals surface area contributed by atoms with Gasteiger partial charge in [0.25, 0.3) is 0 Å². The molecule has 0 radical (unpaired) electrons. The van der Waals surface area contributed by atoms with Gasteiger partial charge in [-0.25, -0.2) is 0 Å². The Balaban J connectivity index is 1.88. The van der Waals surface area contributed by atoms with Gasteiger partial charge in [-0.3, -0.25) is 9.59 Å². The van der Waals surface area contributed by atoms with Gasteiger partial charge in [0.1, 0.15) is 5.75 Å². The summed E-state index contributed by atoms with van der Waals surface area (Å²) in [4.78, 5) is 25.4. The second-order valence-corrected chi connectivity index (χ2v) is 6.36. The lowest BCUT2D eigenvalue weighted by Gasteiger charge is -2.37. The van der Waals surface area contributed by atoms with Gasteiger partial charge in [-0.1, -0.05) is 12.1 Å². The Kier molecular flexibility index (Phi) is 5.64. The number of nitrogens with zero attached hydrogens (tertiary/aromatic N) is 1. The number of piperidine rings is 1. The van der Waals surface area contributed by atoms with Gasteiger partial charge in [0.15, 0.2) is 0 Å². The van der Waals surface area contributed by atoms with Gasteiger partial charge in [0.05, 0.1) is 12.0 Å². The molecule has 1 atom stereocenters. The second-order valence-electron chi connectivity index (χ2n) is 6.36. The molecule has 1 aliphatic heterocycles. The van der Waals surface area contributed by atoms with Crippen LogP contribution in [-0.2, 0) is 16.0 Å². The highest BCUT2D eigenvalue weighted by Crippen LogP contribution is 2.30. The van der Waals surface area contributed by atoms with Gasteiger partial charge in [-0.05, 0) is 50.8 Å². The quantitative estimate of drug-likeness (QED) is 0.875. The van der Waals surface area contributed by atoms with Crippen molar-refractivity contribution in [1.29, 1.82) is 0 Å². The van der Waals surface area contributed by atoms with Crippen molar-refractivity contribution < 1.29 is 19.4 Å². The molecular formula is C18H25NO4. The molecule has 1 aliphatic rings. The maximum absolute atomic E-state index is 12.4. The first-order valence-electron chi connectivity index (χ1n) is 8.17. The van der Waals surface area contributed by atoms with Crippen LogP contribution >= 0.6 is 0 Å². The number of benzene rings is 1. The van der Waals surface area contributed by atoms with Crippen molar-refractivity contribution in [3.63, 3.8) is 0 Å². The summed E-state index contributed by atoms with van der Waals surface area (Å²) in [5.41, 5.74) is 0.271. The van der Waals surface area contributed by atoms with E-state index >= 15 is 0 Å². The molecule has 0 saturated carbocycles. The molecule has 0 aromatic heterocycles. The lowest BCUT2D eigenvalue weighted by Crippen LogP contribution is -2.48. The molecule has 23 heavy (non-hydrogen) atoms. The van der Waals surface area contributed by atoms with E-state index in [9.17, 15) is 14.7 Å². The average molecular weight is 319 g/mol. The number of rotatable bonds is 6. The van der Waals surface area contributed by atoms with Crippen LogP contribution in [0.1, 0.15) is 38.7 Å². The van der Waals surface area contributed by atoms with Crippen molar-refractivity contribution in [2.45, 2.75) is 39.5 Å². The molecule has 1 N–H and O–H groups in total. The molecule has 1 heterocycles. The smallest absolute Gasteiger partial charge is 0.311 e. The lowest BCUT2D eigenvalue weighted by molar-refractivity contribution is -0.153. The highest BCUT2D eigenvalue weighted by Gasteiger charge is 2.39. The molecule has 0 spiro atoms. The van der Waals surface area contributed by atoms with Crippen molar-refractivity contribution in [3.05, 3.63) is 29.8 Å². The van der Waals surface area contributed by atoms with Crippen molar-refractivity contribution in [2.24, 2.45) is 5.41 Å². The summed E-state index contributed by atoms with van der Waals surface area (Å²) >= 11 is 0. The van der Waals surface area contributed by atoms with Crippen LogP contribution in [-0.4, -0.2) is 41.6 Å². The molecule has 1 aromatic carbocycles. The van der Waals surface area contributed by atoms with E-state index < -0.39 is 11.4 Å². The number of carboxylic acids is 1. The van der Waals surface area contributed by atoms with E-state index in [1.807, 2.05) is 31.2 Å². The van der Waals surface area contributed by atoms with Crippen LogP contribution in [0.15, 0.2) is 24.3 Å². The second kappa shape index (κ2) is 7.49. The van der Waals surface area contributed by atoms with E-state index in [0.717, 1.165) is 17.7 Å². The van der Waals surface area contributed by atoms with E-state index in [1.54, 1.807) is 11.8 Å². The number of hydrogen-bond acceptors (Lipinski definition) is 3. The van der Waals surface area contributed by atoms with Gasteiger partial charge in [-0.15, -0.1) is 0 Å². The number of carbonyl (C=O) groups excluding carboxylic acids is 1. The minimum absolute atomic E-state index is 0.0334. The fourth-order valence-electron chi connectivity index (χ4n) is 2.96. The predicted octanol–water partition coefficient (Wildman–Crippen LogP) is 2.73. The molecule has 126 valence electrons. The molecule has 0 aliphatic carbocycles. The molecule has 1 fully saturated rings. The summed E-state index contributed by atoms with van der Waals surface area (Å²) in [5, 5.41) is 9.32. The fraction of sp³-hybridized carbons (Fsp3) is 0.556. The summed E-state index contributed by atoms with van der Waals surface area (Å²) in [5.74, 6) is 0.0448. The minimum atomic E-state index is -0.818. The number of ether oxygens (including phenoxy) is 1. The van der Waals surface area contributed by atoms with Crippen LogP contribution < -0.4 is 4.74 Å². The van der Waals surface area contributed by atoms with E-state index in [2.05, 4.69) is 0 Å². The number of aryl methyl sites for hydroxylation is 1. The van der Waals surface area contributed by atoms with E-state index in [0.29, 0.717) is 39.0 Å². The minimum Gasteiger partial charge on any atom is -0.494 e. The summed E-state index contributed by atoms with van der Waals surface area (Å²) in [7, 11) is 0. The van der Waals surface area contributed by atoms with Crippen LogP contribution in [0, 0.1) is 5.41 Å². The van der Waals surface area contributed by atoms with Crippen molar-refractivity contribution in [3.8, 4) is 5.75 Å². The number of likely N-dealkylation sites (tertiary alicyclic amines) is 1.